The van der Waals surface area contributed by atoms with Crippen LogP contribution < -0.4 is 5.56 Å². The van der Waals surface area contributed by atoms with Gasteiger partial charge in [0.15, 0.2) is 0 Å². The summed E-state index contributed by atoms with van der Waals surface area (Å²) >= 11 is 0. The van der Waals surface area contributed by atoms with Gasteiger partial charge in [0.25, 0.3) is 5.56 Å². The molecule has 20 heavy (non-hydrogen) atoms. The molecule has 3 rings (SSSR count). The molecule has 0 aliphatic carbocycles. The van der Waals surface area contributed by atoms with Crippen LogP contribution in [0.5, 0.6) is 0 Å². The van der Waals surface area contributed by atoms with Gasteiger partial charge >= 0.3 is 0 Å². The molecule has 0 bridgehead atoms. The highest BCUT2D eigenvalue weighted by Crippen LogP contribution is 2.26. The van der Waals surface area contributed by atoms with E-state index in [0.29, 0.717) is 6.54 Å². The molecule has 1 amide bonds. The number of piperidine rings is 1. The minimum Gasteiger partial charge on any atom is -0.342 e. The van der Waals surface area contributed by atoms with E-state index in [0.717, 1.165) is 35.9 Å². The van der Waals surface area contributed by atoms with E-state index in [2.05, 4.69) is 4.98 Å². The number of H-pyrrole nitrogens is 1. The lowest BCUT2D eigenvalue weighted by Crippen LogP contribution is -2.38. The first kappa shape index (κ1) is 12.9. The van der Waals surface area contributed by atoms with E-state index in [9.17, 15) is 9.59 Å². The Labute approximate surface area is 117 Å². The molecule has 0 spiro atoms. The second kappa shape index (κ2) is 5.12. The number of benzene rings is 1. The Morgan fingerprint density at radius 1 is 1.35 bits per heavy atom. The van der Waals surface area contributed by atoms with Crippen molar-refractivity contribution in [3.63, 3.8) is 0 Å². The van der Waals surface area contributed by atoms with Crippen LogP contribution in [0.1, 0.15) is 31.4 Å². The molecule has 1 fully saturated rings. The molecule has 0 unspecified atom stereocenters. The third-order valence-electron chi connectivity index (χ3n) is 4.08. The van der Waals surface area contributed by atoms with Crippen molar-refractivity contribution >= 4 is 16.7 Å². The standard InChI is InChI=1S/C16H18N2O2/c1-11(19)18-8-4-6-13(10-18)15-9-12-5-2-3-7-14(12)16(20)17-15/h2-3,5,7,9,13H,4,6,8,10H2,1H3,(H,17,20)/t13-/m0/s1. The van der Waals surface area contributed by atoms with Crippen LogP contribution in [-0.4, -0.2) is 28.9 Å². The number of pyridine rings is 1. The predicted octanol–water partition coefficient (Wildman–Crippen LogP) is 2.25. The molecule has 1 atom stereocenters. The number of hydrogen-bond donors (Lipinski definition) is 1. The summed E-state index contributed by atoms with van der Waals surface area (Å²) in [7, 11) is 0. The average molecular weight is 270 g/mol. The lowest BCUT2D eigenvalue weighted by Gasteiger charge is -2.32. The van der Waals surface area contributed by atoms with Gasteiger partial charge < -0.3 is 9.88 Å². The summed E-state index contributed by atoms with van der Waals surface area (Å²) in [5.41, 5.74) is 0.901. The number of fused-ring (bicyclic) bond motifs is 1. The molecule has 0 saturated carbocycles. The zero-order valence-electron chi connectivity index (χ0n) is 11.6. The summed E-state index contributed by atoms with van der Waals surface area (Å²) < 4.78 is 0. The second-order valence-electron chi connectivity index (χ2n) is 5.45. The third kappa shape index (κ3) is 2.33. The van der Waals surface area contributed by atoms with Crippen LogP contribution in [0.3, 0.4) is 0 Å². The number of likely N-dealkylation sites (tertiary alicyclic amines) is 1. The molecule has 104 valence electrons. The summed E-state index contributed by atoms with van der Waals surface area (Å²) in [6.45, 7) is 3.12. The molecule has 1 saturated heterocycles. The number of nitrogens with zero attached hydrogens (tertiary/aromatic N) is 1. The summed E-state index contributed by atoms with van der Waals surface area (Å²) in [6, 6.07) is 9.65. The Balaban J connectivity index is 1.98. The number of rotatable bonds is 1. The Morgan fingerprint density at radius 3 is 2.95 bits per heavy atom. The third-order valence-corrected chi connectivity index (χ3v) is 4.08. The molecule has 0 radical (unpaired) electrons. The number of aromatic amines is 1. The van der Waals surface area contributed by atoms with Crippen molar-refractivity contribution in [2.45, 2.75) is 25.7 Å². The van der Waals surface area contributed by atoms with Gasteiger partial charge in [-0.05, 0) is 30.4 Å². The normalized spacial score (nSPS) is 19.2. The molecule has 4 nitrogen and oxygen atoms in total. The first-order chi connectivity index (χ1) is 9.65. The highest BCUT2D eigenvalue weighted by atomic mass is 16.2. The van der Waals surface area contributed by atoms with Crippen molar-refractivity contribution in [1.29, 1.82) is 0 Å². The number of carbonyl (C=O) groups excluding carboxylic acids is 1. The largest absolute Gasteiger partial charge is 0.342 e. The first-order valence-corrected chi connectivity index (χ1v) is 7.02. The summed E-state index contributed by atoms with van der Waals surface area (Å²) in [6.07, 6.45) is 2.00. The maximum atomic E-state index is 12.1. The van der Waals surface area contributed by atoms with Crippen LogP contribution in [0, 0.1) is 0 Å². The minimum atomic E-state index is -0.0435. The molecule has 2 aromatic rings. The number of nitrogens with one attached hydrogen (secondary N) is 1. The maximum absolute atomic E-state index is 12.1. The van der Waals surface area contributed by atoms with Gasteiger partial charge in [0, 0.05) is 37.0 Å². The number of amides is 1. The van der Waals surface area contributed by atoms with Gasteiger partial charge in [0.05, 0.1) is 0 Å². The van der Waals surface area contributed by atoms with Crippen LogP contribution in [0.15, 0.2) is 35.1 Å². The van der Waals surface area contributed by atoms with Gasteiger partial charge in [-0.2, -0.15) is 0 Å². The van der Waals surface area contributed by atoms with Crippen LogP contribution >= 0.6 is 0 Å². The lowest BCUT2D eigenvalue weighted by molar-refractivity contribution is -0.130. The second-order valence-corrected chi connectivity index (χ2v) is 5.45. The smallest absolute Gasteiger partial charge is 0.256 e. The monoisotopic (exact) mass is 270 g/mol. The minimum absolute atomic E-state index is 0.0435. The average Bonchev–Trinajstić information content (AvgIpc) is 2.47. The fourth-order valence-corrected chi connectivity index (χ4v) is 2.97. The van der Waals surface area contributed by atoms with E-state index in [-0.39, 0.29) is 17.4 Å². The van der Waals surface area contributed by atoms with Crippen molar-refractivity contribution in [3.8, 4) is 0 Å². The van der Waals surface area contributed by atoms with Crippen molar-refractivity contribution in [3.05, 3.63) is 46.4 Å². The van der Waals surface area contributed by atoms with Crippen molar-refractivity contribution in [1.82, 2.24) is 9.88 Å². The quantitative estimate of drug-likeness (QED) is 0.864. The van der Waals surface area contributed by atoms with E-state index < -0.39 is 0 Å². The molecule has 2 heterocycles. The van der Waals surface area contributed by atoms with Crippen molar-refractivity contribution < 1.29 is 4.79 Å². The summed E-state index contributed by atoms with van der Waals surface area (Å²) in [5, 5.41) is 1.68. The van der Waals surface area contributed by atoms with Gasteiger partial charge in [-0.25, -0.2) is 0 Å². The van der Waals surface area contributed by atoms with Gasteiger partial charge in [-0.1, -0.05) is 18.2 Å². The van der Waals surface area contributed by atoms with Crippen molar-refractivity contribution in [2.24, 2.45) is 0 Å². The molecule has 1 aliphatic heterocycles. The Morgan fingerprint density at radius 2 is 2.15 bits per heavy atom. The molecule has 1 aromatic carbocycles. The van der Waals surface area contributed by atoms with E-state index in [1.165, 1.54) is 0 Å². The SMILES string of the molecule is CC(=O)N1CCC[C@H](c2cc3ccccc3c(=O)[nH]2)C1. The van der Waals surface area contributed by atoms with Gasteiger partial charge in [0.2, 0.25) is 5.91 Å². The molecular formula is C16H18N2O2. The number of carbonyl (C=O) groups is 1. The molecule has 4 heteroatoms. The van der Waals surface area contributed by atoms with E-state index >= 15 is 0 Å². The zero-order chi connectivity index (χ0) is 14.1. The molecule has 1 aromatic heterocycles. The van der Waals surface area contributed by atoms with Crippen LogP contribution in [0.2, 0.25) is 0 Å². The van der Waals surface area contributed by atoms with Crippen molar-refractivity contribution in [2.75, 3.05) is 13.1 Å². The summed E-state index contributed by atoms with van der Waals surface area (Å²) in [4.78, 5) is 28.5. The molecule has 1 N–H and O–H groups in total. The van der Waals surface area contributed by atoms with Gasteiger partial charge in [0.1, 0.15) is 0 Å². The van der Waals surface area contributed by atoms with Crippen LogP contribution in [-0.2, 0) is 4.79 Å². The maximum Gasteiger partial charge on any atom is 0.256 e. The van der Waals surface area contributed by atoms with Crippen LogP contribution in [0.4, 0.5) is 0 Å². The molecular weight excluding hydrogens is 252 g/mol. The Kier molecular flexibility index (Phi) is 3.30. The lowest BCUT2D eigenvalue weighted by atomic mass is 9.93. The molecule has 1 aliphatic rings. The van der Waals surface area contributed by atoms with Gasteiger partial charge in [-0.3, -0.25) is 9.59 Å². The van der Waals surface area contributed by atoms with E-state index in [4.69, 9.17) is 0 Å². The fraction of sp³-hybridized carbons (Fsp3) is 0.375. The number of aromatic nitrogens is 1. The van der Waals surface area contributed by atoms with E-state index in [1.54, 1.807) is 6.92 Å². The van der Waals surface area contributed by atoms with E-state index in [1.807, 2.05) is 35.2 Å². The topological polar surface area (TPSA) is 53.2 Å². The zero-order valence-corrected chi connectivity index (χ0v) is 11.6. The highest BCUT2D eigenvalue weighted by Gasteiger charge is 2.23. The Hall–Kier alpha value is -2.10. The predicted molar refractivity (Wildman–Crippen MR) is 78.8 cm³/mol. The highest BCUT2D eigenvalue weighted by molar-refractivity contribution is 5.81. The summed E-state index contributed by atoms with van der Waals surface area (Å²) in [5.74, 6) is 0.336. The number of hydrogen-bond acceptors (Lipinski definition) is 2. The fourth-order valence-electron chi connectivity index (χ4n) is 2.97. The first-order valence-electron chi connectivity index (χ1n) is 7.02. The Bertz CT molecular complexity index is 705. The van der Waals surface area contributed by atoms with Gasteiger partial charge in [-0.15, -0.1) is 0 Å². The van der Waals surface area contributed by atoms with Crippen LogP contribution in [0.25, 0.3) is 10.8 Å².